The minimum absolute atomic E-state index is 0.205. The predicted molar refractivity (Wildman–Crippen MR) is 76.1 cm³/mol. The highest BCUT2D eigenvalue weighted by atomic mass is 16.5. The molecule has 0 radical (unpaired) electrons. The molecule has 6 heteroatoms. The van der Waals surface area contributed by atoms with Crippen LogP contribution >= 0.6 is 0 Å². The third kappa shape index (κ3) is 2.75. The normalized spacial score (nSPS) is 13.6. The Kier molecular flexibility index (Phi) is 3.87. The Morgan fingerprint density at radius 1 is 1.48 bits per heavy atom. The number of carbonyl (C=O) groups excluding carboxylic acids is 1. The Bertz CT molecular complexity index is 651. The average Bonchev–Trinajstić information content (AvgIpc) is 2.97. The second kappa shape index (κ2) is 5.97. The maximum Gasteiger partial charge on any atom is 0.272 e. The molecule has 0 atom stereocenters. The topological polar surface area (TPSA) is 76.2 Å². The highest BCUT2D eigenvalue weighted by Gasteiger charge is 2.22. The number of benzene rings is 1. The number of H-pyrrole nitrogens is 1. The second-order valence-corrected chi connectivity index (χ2v) is 4.83. The van der Waals surface area contributed by atoms with Gasteiger partial charge in [-0.3, -0.25) is 9.89 Å². The number of aromatic amines is 1. The smallest absolute Gasteiger partial charge is 0.272 e. The highest BCUT2D eigenvalue weighted by Crippen LogP contribution is 2.19. The van der Waals surface area contributed by atoms with E-state index in [-0.39, 0.29) is 5.91 Å². The van der Waals surface area contributed by atoms with Gasteiger partial charge in [-0.05, 0) is 6.07 Å². The van der Waals surface area contributed by atoms with Crippen LogP contribution in [-0.2, 0) is 24.3 Å². The fourth-order valence-corrected chi connectivity index (χ4v) is 2.41. The van der Waals surface area contributed by atoms with Gasteiger partial charge in [0.25, 0.3) is 5.91 Å². The summed E-state index contributed by atoms with van der Waals surface area (Å²) in [5.74, 6) is 0.550. The van der Waals surface area contributed by atoms with Crippen LogP contribution in [-0.4, -0.2) is 29.8 Å². The Labute approximate surface area is 122 Å². The summed E-state index contributed by atoms with van der Waals surface area (Å²) < 4.78 is 10.7. The van der Waals surface area contributed by atoms with Crippen LogP contribution in [0.2, 0.25) is 0 Å². The summed E-state index contributed by atoms with van der Waals surface area (Å²) in [5.41, 5.74) is 3.19. The summed E-state index contributed by atoms with van der Waals surface area (Å²) in [4.78, 5) is 12.3. The van der Waals surface area contributed by atoms with Crippen LogP contribution in [0.5, 0.6) is 5.75 Å². The van der Waals surface area contributed by atoms with Crippen molar-refractivity contribution in [3.05, 3.63) is 46.8 Å². The molecule has 0 saturated carbocycles. The maximum absolute atomic E-state index is 12.3. The van der Waals surface area contributed by atoms with Crippen molar-refractivity contribution in [2.45, 2.75) is 19.6 Å². The van der Waals surface area contributed by atoms with Gasteiger partial charge < -0.3 is 14.8 Å². The van der Waals surface area contributed by atoms with Crippen molar-refractivity contribution < 1.29 is 14.3 Å². The molecule has 0 aliphatic carbocycles. The van der Waals surface area contributed by atoms with E-state index in [9.17, 15) is 4.79 Å². The first-order chi connectivity index (χ1) is 10.3. The van der Waals surface area contributed by atoms with E-state index in [1.807, 2.05) is 24.3 Å². The van der Waals surface area contributed by atoms with Gasteiger partial charge >= 0.3 is 0 Å². The van der Waals surface area contributed by atoms with Crippen LogP contribution in [0.1, 0.15) is 27.3 Å². The summed E-state index contributed by atoms with van der Waals surface area (Å²) in [5, 5.41) is 9.89. The number of amides is 1. The number of rotatable bonds is 4. The van der Waals surface area contributed by atoms with Crippen LogP contribution < -0.4 is 10.1 Å². The summed E-state index contributed by atoms with van der Waals surface area (Å²) in [6.07, 6.45) is 0.766. The molecule has 0 saturated heterocycles. The molecule has 6 nitrogen and oxygen atoms in total. The van der Waals surface area contributed by atoms with Gasteiger partial charge in [0.15, 0.2) is 5.69 Å². The molecule has 0 spiro atoms. The molecule has 21 heavy (non-hydrogen) atoms. The van der Waals surface area contributed by atoms with Crippen molar-refractivity contribution in [1.82, 2.24) is 15.5 Å². The molecule has 0 bridgehead atoms. The first-order valence-corrected chi connectivity index (χ1v) is 6.83. The van der Waals surface area contributed by atoms with Crippen molar-refractivity contribution >= 4 is 5.91 Å². The molecular formula is C15H17N3O3. The maximum atomic E-state index is 12.3. The number of hydrogen-bond acceptors (Lipinski definition) is 4. The molecule has 1 aliphatic rings. The SMILES string of the molecule is COc1ccccc1CNC(=O)c1n[nH]c2c1COCC2. The van der Waals surface area contributed by atoms with Crippen LogP contribution in [0.25, 0.3) is 0 Å². The molecule has 110 valence electrons. The molecule has 1 aromatic heterocycles. The van der Waals surface area contributed by atoms with E-state index >= 15 is 0 Å². The van der Waals surface area contributed by atoms with Gasteiger partial charge in [-0.1, -0.05) is 18.2 Å². The van der Waals surface area contributed by atoms with Crippen LogP contribution in [0.4, 0.5) is 0 Å². The van der Waals surface area contributed by atoms with Crippen LogP contribution in [0.3, 0.4) is 0 Å². The number of aromatic nitrogens is 2. The van der Waals surface area contributed by atoms with Gasteiger partial charge in [0.05, 0.1) is 20.3 Å². The van der Waals surface area contributed by atoms with E-state index in [1.54, 1.807) is 7.11 Å². The molecule has 1 amide bonds. The zero-order valence-corrected chi connectivity index (χ0v) is 11.8. The van der Waals surface area contributed by atoms with E-state index < -0.39 is 0 Å². The van der Waals surface area contributed by atoms with Gasteiger partial charge in [0.1, 0.15) is 5.75 Å². The molecule has 2 N–H and O–H groups in total. The van der Waals surface area contributed by atoms with Crippen molar-refractivity contribution in [3.63, 3.8) is 0 Å². The summed E-state index contributed by atoms with van der Waals surface area (Å²) in [6, 6.07) is 7.59. The van der Waals surface area contributed by atoms with E-state index in [0.29, 0.717) is 25.5 Å². The number of nitrogens with one attached hydrogen (secondary N) is 2. The zero-order chi connectivity index (χ0) is 14.7. The quantitative estimate of drug-likeness (QED) is 0.891. The van der Waals surface area contributed by atoms with Crippen LogP contribution in [0, 0.1) is 0 Å². The molecule has 1 aliphatic heterocycles. The Hall–Kier alpha value is -2.34. The molecule has 0 unspecified atom stereocenters. The molecular weight excluding hydrogens is 270 g/mol. The van der Waals surface area contributed by atoms with E-state index in [1.165, 1.54) is 0 Å². The van der Waals surface area contributed by atoms with Crippen molar-refractivity contribution in [1.29, 1.82) is 0 Å². The number of methoxy groups -OCH3 is 1. The van der Waals surface area contributed by atoms with Crippen molar-refractivity contribution in [2.75, 3.05) is 13.7 Å². The number of hydrogen-bond donors (Lipinski definition) is 2. The van der Waals surface area contributed by atoms with Gasteiger partial charge in [-0.25, -0.2) is 0 Å². The van der Waals surface area contributed by atoms with Crippen LogP contribution in [0.15, 0.2) is 24.3 Å². The molecule has 3 rings (SSSR count). The fraction of sp³-hybridized carbons (Fsp3) is 0.333. The van der Waals surface area contributed by atoms with Gasteiger partial charge in [0, 0.05) is 29.8 Å². The van der Waals surface area contributed by atoms with Crippen molar-refractivity contribution in [2.24, 2.45) is 0 Å². The third-order valence-corrected chi connectivity index (χ3v) is 3.54. The van der Waals surface area contributed by atoms with E-state index in [0.717, 1.165) is 29.0 Å². The standard InChI is InChI=1S/C15H17N3O3/c1-20-13-5-3-2-4-10(13)8-16-15(19)14-11-9-21-7-6-12(11)17-18-14/h2-5H,6-9H2,1H3,(H,16,19)(H,17,18). The molecule has 2 heterocycles. The fourth-order valence-electron chi connectivity index (χ4n) is 2.41. The Morgan fingerprint density at radius 3 is 3.19 bits per heavy atom. The second-order valence-electron chi connectivity index (χ2n) is 4.83. The number of ether oxygens (including phenoxy) is 2. The summed E-state index contributed by atoms with van der Waals surface area (Å²) in [7, 11) is 1.61. The highest BCUT2D eigenvalue weighted by molar-refractivity contribution is 5.93. The molecule has 1 aromatic carbocycles. The lowest BCUT2D eigenvalue weighted by Crippen LogP contribution is -2.25. The summed E-state index contributed by atoms with van der Waals surface area (Å²) in [6.45, 7) is 1.49. The lowest BCUT2D eigenvalue weighted by Gasteiger charge is -2.12. The lowest BCUT2D eigenvalue weighted by molar-refractivity contribution is 0.0922. The Balaban J connectivity index is 1.71. The largest absolute Gasteiger partial charge is 0.496 e. The van der Waals surface area contributed by atoms with Crippen molar-refractivity contribution in [3.8, 4) is 5.75 Å². The minimum atomic E-state index is -0.205. The number of fused-ring (bicyclic) bond motifs is 1. The van der Waals surface area contributed by atoms with Gasteiger partial charge in [-0.15, -0.1) is 0 Å². The molecule has 0 fully saturated rings. The monoisotopic (exact) mass is 287 g/mol. The lowest BCUT2D eigenvalue weighted by atomic mass is 10.1. The van der Waals surface area contributed by atoms with Gasteiger partial charge in [-0.2, -0.15) is 5.10 Å². The minimum Gasteiger partial charge on any atom is -0.496 e. The van der Waals surface area contributed by atoms with Gasteiger partial charge in [0.2, 0.25) is 0 Å². The van der Waals surface area contributed by atoms with E-state index in [2.05, 4.69) is 15.5 Å². The zero-order valence-electron chi connectivity index (χ0n) is 11.8. The average molecular weight is 287 g/mol. The third-order valence-electron chi connectivity index (χ3n) is 3.54. The summed E-state index contributed by atoms with van der Waals surface area (Å²) >= 11 is 0. The first-order valence-electron chi connectivity index (χ1n) is 6.83. The Morgan fingerprint density at radius 2 is 2.33 bits per heavy atom. The number of carbonyl (C=O) groups is 1. The van der Waals surface area contributed by atoms with E-state index in [4.69, 9.17) is 9.47 Å². The first kappa shape index (κ1) is 13.6. The number of para-hydroxylation sites is 1. The molecule has 2 aromatic rings. The predicted octanol–water partition coefficient (Wildman–Crippen LogP) is 1.42. The number of nitrogens with zero attached hydrogens (tertiary/aromatic N) is 1.